The highest BCUT2D eigenvalue weighted by Crippen LogP contribution is 2.44. The van der Waals surface area contributed by atoms with E-state index in [0.29, 0.717) is 6.42 Å². The Morgan fingerprint density at radius 1 is 1.43 bits per heavy atom. The maximum Gasteiger partial charge on any atom is 0.404 e. The molecule has 0 aromatic carbocycles. The lowest BCUT2D eigenvalue weighted by Crippen LogP contribution is -2.37. The van der Waals surface area contributed by atoms with Crippen LogP contribution < -0.4 is 11.1 Å². The molecule has 3 aromatic heterocycles. The number of nitrogens with one attached hydrogen (secondary N) is 1. The number of aromatic nitrogens is 2. The molecule has 1 amide bonds. The zero-order valence-electron chi connectivity index (χ0n) is 12.1. The van der Waals surface area contributed by atoms with Crippen LogP contribution in [0.3, 0.4) is 0 Å². The maximum atomic E-state index is 10.8. The van der Waals surface area contributed by atoms with Gasteiger partial charge in [-0.15, -0.1) is 22.7 Å². The van der Waals surface area contributed by atoms with E-state index in [1.165, 1.54) is 10.4 Å². The van der Waals surface area contributed by atoms with Crippen LogP contribution in [0.4, 0.5) is 9.80 Å². The van der Waals surface area contributed by atoms with Gasteiger partial charge in [-0.2, -0.15) is 0 Å². The van der Waals surface area contributed by atoms with Crippen molar-refractivity contribution in [2.75, 3.05) is 5.73 Å². The van der Waals surface area contributed by atoms with Gasteiger partial charge in [-0.3, -0.25) is 4.98 Å². The van der Waals surface area contributed by atoms with Gasteiger partial charge in [0, 0.05) is 29.1 Å². The van der Waals surface area contributed by atoms with E-state index >= 15 is 0 Å². The number of nitrogen functional groups attached to an aromatic ring is 1. The van der Waals surface area contributed by atoms with E-state index in [0.717, 1.165) is 38.6 Å². The second-order valence-electron chi connectivity index (χ2n) is 5.49. The van der Waals surface area contributed by atoms with Crippen LogP contribution in [-0.4, -0.2) is 27.2 Å². The third kappa shape index (κ3) is 2.53. The van der Waals surface area contributed by atoms with Crippen LogP contribution in [0.25, 0.3) is 20.8 Å². The van der Waals surface area contributed by atoms with Crippen molar-refractivity contribution in [2.24, 2.45) is 0 Å². The Morgan fingerprint density at radius 3 is 3.09 bits per heavy atom. The monoisotopic (exact) mass is 346 g/mol. The average Bonchev–Trinajstić information content (AvgIpc) is 3.05. The molecular formula is C15H14N4O2S2. The predicted octanol–water partition coefficient (Wildman–Crippen LogP) is 3.13. The molecule has 1 atom stereocenters. The van der Waals surface area contributed by atoms with Crippen LogP contribution in [-0.2, 0) is 12.8 Å². The first-order valence-electron chi connectivity index (χ1n) is 7.22. The fourth-order valence-corrected chi connectivity index (χ4v) is 5.31. The normalized spacial score (nSPS) is 17.1. The molecule has 4 N–H and O–H groups in total. The van der Waals surface area contributed by atoms with Crippen LogP contribution >= 0.6 is 22.7 Å². The minimum Gasteiger partial charge on any atom is -0.465 e. The van der Waals surface area contributed by atoms with Crippen LogP contribution in [0.2, 0.25) is 0 Å². The van der Waals surface area contributed by atoms with Gasteiger partial charge in [-0.05, 0) is 24.5 Å². The molecule has 0 saturated carbocycles. The van der Waals surface area contributed by atoms with Crippen molar-refractivity contribution in [3.05, 3.63) is 28.9 Å². The molecule has 3 heterocycles. The van der Waals surface area contributed by atoms with Gasteiger partial charge in [0.15, 0.2) is 0 Å². The first-order valence-corrected chi connectivity index (χ1v) is 8.85. The van der Waals surface area contributed by atoms with Crippen molar-refractivity contribution >= 4 is 44.0 Å². The Balaban J connectivity index is 1.73. The molecule has 23 heavy (non-hydrogen) atoms. The van der Waals surface area contributed by atoms with Crippen LogP contribution in [0.5, 0.6) is 0 Å². The van der Waals surface area contributed by atoms with Crippen LogP contribution in [0.1, 0.15) is 16.9 Å². The molecule has 0 aliphatic heterocycles. The Bertz CT molecular complexity index is 869. The van der Waals surface area contributed by atoms with Gasteiger partial charge in [0.2, 0.25) is 0 Å². The smallest absolute Gasteiger partial charge is 0.404 e. The zero-order valence-corrected chi connectivity index (χ0v) is 13.7. The first kappa shape index (κ1) is 14.4. The molecule has 118 valence electrons. The molecule has 0 fully saturated rings. The Morgan fingerprint density at radius 2 is 2.30 bits per heavy atom. The lowest BCUT2D eigenvalue weighted by atomic mass is 9.92. The number of hydrogen-bond acceptors (Lipinski definition) is 6. The Labute approximate surface area is 140 Å². The molecule has 4 rings (SSSR count). The summed E-state index contributed by atoms with van der Waals surface area (Å²) in [5.41, 5.74) is 9.39. The van der Waals surface area contributed by atoms with Crippen molar-refractivity contribution in [2.45, 2.75) is 25.3 Å². The average molecular weight is 346 g/mol. The quantitative estimate of drug-likeness (QED) is 0.662. The molecule has 1 aliphatic carbocycles. The number of nitrogens with two attached hydrogens (primary N) is 1. The van der Waals surface area contributed by atoms with Crippen LogP contribution in [0.15, 0.2) is 18.5 Å². The fraction of sp³-hybridized carbons (Fsp3) is 0.267. The number of nitrogens with zero attached hydrogens (tertiary/aromatic N) is 2. The van der Waals surface area contributed by atoms with Gasteiger partial charge in [0.05, 0.1) is 15.9 Å². The second-order valence-corrected chi connectivity index (χ2v) is 7.66. The topological polar surface area (TPSA) is 101 Å². The third-order valence-corrected chi connectivity index (χ3v) is 6.16. The van der Waals surface area contributed by atoms with Crippen molar-refractivity contribution in [3.63, 3.8) is 0 Å². The molecule has 3 aromatic rings. The molecule has 1 unspecified atom stereocenters. The van der Waals surface area contributed by atoms with Gasteiger partial charge < -0.3 is 16.2 Å². The standard InChI is InChI=1S/C15H14N4O2S2/c16-13-12(14-19-9-6-17-4-3-10(9)23-14)8-2-1-7(18-15(20)21)5-11(8)22-13/h3-4,6-7,18H,1-2,5,16H2,(H,20,21). The molecule has 8 heteroatoms. The number of anilines is 1. The summed E-state index contributed by atoms with van der Waals surface area (Å²) in [6.07, 6.45) is 4.85. The number of thiazole rings is 1. The number of fused-ring (bicyclic) bond motifs is 2. The number of carboxylic acid groups (broad SMARTS) is 1. The minimum absolute atomic E-state index is 0.0366. The summed E-state index contributed by atoms with van der Waals surface area (Å²) in [6, 6.07) is 1.92. The van der Waals surface area contributed by atoms with Crippen molar-refractivity contribution in [1.29, 1.82) is 0 Å². The molecule has 0 saturated heterocycles. The van der Waals surface area contributed by atoms with Crippen molar-refractivity contribution < 1.29 is 9.90 Å². The van der Waals surface area contributed by atoms with E-state index < -0.39 is 6.09 Å². The predicted molar refractivity (Wildman–Crippen MR) is 92.1 cm³/mol. The van der Waals surface area contributed by atoms with Crippen molar-refractivity contribution in [3.8, 4) is 10.6 Å². The zero-order chi connectivity index (χ0) is 16.0. The highest BCUT2D eigenvalue weighted by Gasteiger charge is 2.27. The summed E-state index contributed by atoms with van der Waals surface area (Å²) in [6.45, 7) is 0. The van der Waals surface area contributed by atoms with E-state index in [1.807, 2.05) is 6.07 Å². The van der Waals surface area contributed by atoms with E-state index in [9.17, 15) is 4.79 Å². The number of carbonyl (C=O) groups is 1. The summed E-state index contributed by atoms with van der Waals surface area (Å²) in [7, 11) is 0. The molecule has 0 spiro atoms. The summed E-state index contributed by atoms with van der Waals surface area (Å²) >= 11 is 3.17. The van der Waals surface area contributed by atoms with Gasteiger partial charge in [0.25, 0.3) is 0 Å². The summed E-state index contributed by atoms with van der Waals surface area (Å²) < 4.78 is 1.09. The SMILES string of the molecule is Nc1sc2c(c1-c1nc3cnccc3s1)CCC(NC(=O)O)C2. The number of thiophene rings is 1. The molecular weight excluding hydrogens is 332 g/mol. The molecule has 0 bridgehead atoms. The first-order chi connectivity index (χ1) is 11.1. The van der Waals surface area contributed by atoms with Crippen molar-refractivity contribution in [1.82, 2.24) is 15.3 Å². The van der Waals surface area contributed by atoms with Crippen LogP contribution in [0, 0.1) is 0 Å². The number of rotatable bonds is 2. The Hall–Kier alpha value is -2.19. The maximum absolute atomic E-state index is 10.8. The summed E-state index contributed by atoms with van der Waals surface area (Å²) in [5, 5.41) is 13.1. The van der Waals surface area contributed by atoms with E-state index in [4.69, 9.17) is 10.8 Å². The number of hydrogen-bond donors (Lipinski definition) is 3. The highest BCUT2D eigenvalue weighted by atomic mass is 32.1. The molecule has 6 nitrogen and oxygen atoms in total. The van der Waals surface area contributed by atoms with Gasteiger partial charge in [-0.25, -0.2) is 9.78 Å². The van der Waals surface area contributed by atoms with E-state index in [1.54, 1.807) is 35.1 Å². The summed E-state index contributed by atoms with van der Waals surface area (Å²) in [4.78, 5) is 20.8. The van der Waals surface area contributed by atoms with E-state index in [2.05, 4.69) is 15.3 Å². The van der Waals surface area contributed by atoms with Gasteiger partial charge in [0.1, 0.15) is 10.5 Å². The van der Waals surface area contributed by atoms with Gasteiger partial charge in [-0.1, -0.05) is 0 Å². The van der Waals surface area contributed by atoms with E-state index in [-0.39, 0.29) is 6.04 Å². The second kappa shape index (κ2) is 5.47. The molecule has 1 aliphatic rings. The van der Waals surface area contributed by atoms with Gasteiger partial charge >= 0.3 is 6.09 Å². The number of amides is 1. The fourth-order valence-electron chi connectivity index (χ4n) is 3.03. The molecule has 0 radical (unpaired) electrons. The lowest BCUT2D eigenvalue weighted by molar-refractivity contribution is 0.188. The number of pyridine rings is 1. The third-order valence-electron chi connectivity index (χ3n) is 4.02. The lowest BCUT2D eigenvalue weighted by Gasteiger charge is -2.22. The minimum atomic E-state index is -0.970. The largest absolute Gasteiger partial charge is 0.465 e. The Kier molecular flexibility index (Phi) is 3.42. The summed E-state index contributed by atoms with van der Waals surface area (Å²) in [5.74, 6) is 0. The highest BCUT2D eigenvalue weighted by molar-refractivity contribution is 7.22.